The van der Waals surface area contributed by atoms with E-state index in [1.807, 2.05) is 27.7 Å². The van der Waals surface area contributed by atoms with E-state index in [9.17, 15) is 4.79 Å². The number of amides is 1. The molecule has 0 radical (unpaired) electrons. The van der Waals surface area contributed by atoms with Crippen molar-refractivity contribution in [2.24, 2.45) is 5.73 Å². The van der Waals surface area contributed by atoms with Crippen molar-refractivity contribution in [2.75, 3.05) is 13.2 Å². The van der Waals surface area contributed by atoms with Crippen molar-refractivity contribution in [3.8, 4) is 0 Å². The van der Waals surface area contributed by atoms with E-state index in [1.54, 1.807) is 6.92 Å². The zero-order chi connectivity index (χ0) is 12.8. The summed E-state index contributed by atoms with van der Waals surface area (Å²) < 4.78 is 5.50. The molecule has 1 amide bonds. The summed E-state index contributed by atoms with van der Waals surface area (Å²) >= 11 is 0. The molecule has 0 spiro atoms. The predicted molar refractivity (Wildman–Crippen MR) is 66.2 cm³/mol. The van der Waals surface area contributed by atoms with Crippen molar-refractivity contribution < 1.29 is 9.53 Å². The van der Waals surface area contributed by atoms with E-state index in [4.69, 9.17) is 10.5 Å². The summed E-state index contributed by atoms with van der Waals surface area (Å²) in [4.78, 5) is 11.8. The third-order valence-electron chi connectivity index (χ3n) is 2.50. The first-order valence-electron chi connectivity index (χ1n) is 5.96. The van der Waals surface area contributed by atoms with Gasteiger partial charge in [0.05, 0.1) is 11.1 Å². The lowest BCUT2D eigenvalue weighted by atomic mass is 9.96. The Morgan fingerprint density at radius 2 is 1.88 bits per heavy atom. The Balaban J connectivity index is 4.16. The molecule has 0 heterocycles. The molecule has 1 atom stereocenters. The van der Waals surface area contributed by atoms with Crippen LogP contribution in [0.3, 0.4) is 0 Å². The standard InChI is InChI=1S/C12H26N2O2/c1-6-8-12(5,13)10(15)14-9-11(3,4)16-7-2/h6-9,13H2,1-5H3,(H,14,15). The molecule has 96 valence electrons. The highest BCUT2D eigenvalue weighted by atomic mass is 16.5. The van der Waals surface area contributed by atoms with Crippen molar-refractivity contribution in [1.82, 2.24) is 5.32 Å². The highest BCUT2D eigenvalue weighted by Gasteiger charge is 2.28. The first-order chi connectivity index (χ1) is 7.25. The molecular formula is C12H26N2O2. The number of hydrogen-bond donors (Lipinski definition) is 2. The smallest absolute Gasteiger partial charge is 0.239 e. The van der Waals surface area contributed by atoms with Gasteiger partial charge in [-0.15, -0.1) is 0 Å². The van der Waals surface area contributed by atoms with E-state index in [0.717, 1.165) is 6.42 Å². The van der Waals surface area contributed by atoms with E-state index in [2.05, 4.69) is 5.32 Å². The molecule has 0 saturated heterocycles. The van der Waals surface area contributed by atoms with E-state index in [-0.39, 0.29) is 11.5 Å². The minimum atomic E-state index is -0.781. The normalized spacial score (nSPS) is 15.6. The quantitative estimate of drug-likeness (QED) is 0.695. The Labute approximate surface area is 98.9 Å². The van der Waals surface area contributed by atoms with Gasteiger partial charge in [0.25, 0.3) is 0 Å². The Kier molecular flexibility index (Phi) is 5.97. The molecule has 0 aromatic rings. The fraction of sp³-hybridized carbons (Fsp3) is 0.917. The van der Waals surface area contributed by atoms with Crippen molar-refractivity contribution in [2.45, 2.75) is 58.6 Å². The lowest BCUT2D eigenvalue weighted by Crippen LogP contribution is -2.54. The minimum absolute atomic E-state index is 0.109. The number of hydrogen-bond acceptors (Lipinski definition) is 3. The lowest BCUT2D eigenvalue weighted by molar-refractivity contribution is -0.127. The second kappa shape index (κ2) is 6.21. The second-order valence-electron chi connectivity index (χ2n) is 5.04. The molecule has 0 aliphatic carbocycles. The maximum atomic E-state index is 11.8. The van der Waals surface area contributed by atoms with Crippen molar-refractivity contribution in [3.05, 3.63) is 0 Å². The molecule has 4 nitrogen and oxygen atoms in total. The summed E-state index contributed by atoms with van der Waals surface area (Å²) in [6.07, 6.45) is 1.59. The fourth-order valence-corrected chi connectivity index (χ4v) is 1.57. The topological polar surface area (TPSA) is 64.4 Å². The molecule has 0 saturated carbocycles. The van der Waals surface area contributed by atoms with Gasteiger partial charge < -0.3 is 15.8 Å². The average Bonchev–Trinajstić information content (AvgIpc) is 2.14. The highest BCUT2D eigenvalue weighted by molar-refractivity contribution is 5.85. The molecule has 3 N–H and O–H groups in total. The molecular weight excluding hydrogens is 204 g/mol. The minimum Gasteiger partial charge on any atom is -0.374 e. The van der Waals surface area contributed by atoms with Gasteiger partial charge in [-0.25, -0.2) is 0 Å². The van der Waals surface area contributed by atoms with Crippen LogP contribution in [0.2, 0.25) is 0 Å². The Morgan fingerprint density at radius 3 is 2.31 bits per heavy atom. The lowest BCUT2D eigenvalue weighted by Gasteiger charge is -2.28. The van der Waals surface area contributed by atoms with Gasteiger partial charge in [-0.1, -0.05) is 13.3 Å². The van der Waals surface area contributed by atoms with Crippen LogP contribution in [0.15, 0.2) is 0 Å². The molecule has 0 aliphatic rings. The number of carbonyl (C=O) groups excluding carboxylic acids is 1. The van der Waals surface area contributed by atoms with Crippen LogP contribution in [0.1, 0.15) is 47.5 Å². The van der Waals surface area contributed by atoms with Crippen LogP contribution in [0.5, 0.6) is 0 Å². The molecule has 0 aromatic heterocycles. The number of ether oxygens (including phenoxy) is 1. The molecule has 1 unspecified atom stereocenters. The molecule has 0 aliphatic heterocycles. The largest absolute Gasteiger partial charge is 0.374 e. The van der Waals surface area contributed by atoms with Crippen molar-refractivity contribution in [1.29, 1.82) is 0 Å². The van der Waals surface area contributed by atoms with E-state index in [0.29, 0.717) is 19.6 Å². The maximum absolute atomic E-state index is 11.8. The monoisotopic (exact) mass is 230 g/mol. The van der Waals surface area contributed by atoms with Crippen LogP contribution in [0.25, 0.3) is 0 Å². The van der Waals surface area contributed by atoms with Crippen LogP contribution in [-0.4, -0.2) is 30.2 Å². The molecule has 4 heteroatoms. The predicted octanol–water partition coefficient (Wildman–Crippen LogP) is 1.44. The van der Waals surface area contributed by atoms with Gasteiger partial charge >= 0.3 is 0 Å². The summed E-state index contributed by atoms with van der Waals surface area (Å²) in [7, 11) is 0. The van der Waals surface area contributed by atoms with Crippen LogP contribution in [0, 0.1) is 0 Å². The summed E-state index contributed by atoms with van der Waals surface area (Å²) in [6, 6.07) is 0. The second-order valence-corrected chi connectivity index (χ2v) is 5.04. The summed E-state index contributed by atoms with van der Waals surface area (Å²) in [5.74, 6) is -0.109. The fourth-order valence-electron chi connectivity index (χ4n) is 1.57. The van der Waals surface area contributed by atoms with Crippen LogP contribution in [0.4, 0.5) is 0 Å². The van der Waals surface area contributed by atoms with Crippen LogP contribution < -0.4 is 11.1 Å². The van der Waals surface area contributed by atoms with E-state index < -0.39 is 5.54 Å². The number of carbonyl (C=O) groups is 1. The van der Waals surface area contributed by atoms with Gasteiger partial charge in [0.1, 0.15) is 0 Å². The van der Waals surface area contributed by atoms with E-state index in [1.165, 1.54) is 0 Å². The first kappa shape index (κ1) is 15.4. The third kappa shape index (κ3) is 5.47. The number of nitrogens with one attached hydrogen (secondary N) is 1. The maximum Gasteiger partial charge on any atom is 0.239 e. The van der Waals surface area contributed by atoms with Gasteiger partial charge in [-0.2, -0.15) is 0 Å². The molecule has 16 heavy (non-hydrogen) atoms. The van der Waals surface area contributed by atoms with Gasteiger partial charge in [0.15, 0.2) is 0 Å². The third-order valence-corrected chi connectivity index (χ3v) is 2.50. The Morgan fingerprint density at radius 1 is 1.31 bits per heavy atom. The summed E-state index contributed by atoms with van der Waals surface area (Å²) in [5, 5.41) is 2.84. The van der Waals surface area contributed by atoms with Crippen LogP contribution in [-0.2, 0) is 9.53 Å². The van der Waals surface area contributed by atoms with Gasteiger partial charge in [-0.05, 0) is 34.1 Å². The molecule has 0 bridgehead atoms. The van der Waals surface area contributed by atoms with Gasteiger partial charge in [-0.3, -0.25) is 4.79 Å². The highest BCUT2D eigenvalue weighted by Crippen LogP contribution is 2.11. The SMILES string of the molecule is CCCC(C)(N)C(=O)NCC(C)(C)OCC. The number of nitrogens with two attached hydrogens (primary N) is 1. The number of rotatable bonds is 7. The zero-order valence-electron chi connectivity index (χ0n) is 11.2. The van der Waals surface area contributed by atoms with Crippen LogP contribution >= 0.6 is 0 Å². The van der Waals surface area contributed by atoms with Crippen molar-refractivity contribution in [3.63, 3.8) is 0 Å². The van der Waals surface area contributed by atoms with E-state index >= 15 is 0 Å². The molecule has 0 rings (SSSR count). The van der Waals surface area contributed by atoms with Gasteiger partial charge in [0.2, 0.25) is 5.91 Å². The first-order valence-corrected chi connectivity index (χ1v) is 5.96. The van der Waals surface area contributed by atoms with Crippen molar-refractivity contribution >= 4 is 5.91 Å². The zero-order valence-corrected chi connectivity index (χ0v) is 11.2. The summed E-state index contributed by atoms with van der Waals surface area (Å²) in [5.41, 5.74) is 4.80. The summed E-state index contributed by atoms with van der Waals surface area (Å²) in [6.45, 7) is 10.7. The Hall–Kier alpha value is -0.610. The molecule has 0 aromatic carbocycles. The van der Waals surface area contributed by atoms with Gasteiger partial charge in [0, 0.05) is 13.2 Å². The Bertz CT molecular complexity index is 225. The molecule has 0 fully saturated rings. The average molecular weight is 230 g/mol.